The molecule has 1 aliphatic rings. The number of carboxylic acid groups (broad SMARTS) is 1. The number of likely N-dealkylation sites (tertiary alicyclic amines) is 1. The van der Waals surface area contributed by atoms with Crippen molar-refractivity contribution in [2.75, 3.05) is 13.1 Å². The maximum atomic E-state index is 12.0. The SMILES string of the molecule is Cc1ccsc1CNC(=O)N1CCC(CCC(=O)O)C1. The first-order valence-electron chi connectivity index (χ1n) is 6.84. The van der Waals surface area contributed by atoms with Gasteiger partial charge in [-0.15, -0.1) is 11.3 Å². The number of nitrogens with zero attached hydrogens (tertiary/aromatic N) is 1. The van der Waals surface area contributed by atoms with Gasteiger partial charge in [-0.3, -0.25) is 4.79 Å². The maximum absolute atomic E-state index is 12.0. The molecule has 1 saturated heterocycles. The van der Waals surface area contributed by atoms with Crippen LogP contribution in [0.2, 0.25) is 0 Å². The molecule has 0 radical (unpaired) electrons. The first-order valence-corrected chi connectivity index (χ1v) is 7.71. The van der Waals surface area contributed by atoms with Gasteiger partial charge in [-0.2, -0.15) is 0 Å². The number of nitrogens with one attached hydrogen (secondary N) is 1. The molecule has 1 atom stereocenters. The number of aliphatic carboxylic acids is 1. The minimum Gasteiger partial charge on any atom is -0.481 e. The van der Waals surface area contributed by atoms with Gasteiger partial charge in [0.1, 0.15) is 0 Å². The molecule has 6 heteroatoms. The van der Waals surface area contributed by atoms with E-state index in [2.05, 4.69) is 5.32 Å². The van der Waals surface area contributed by atoms with Crippen molar-refractivity contribution in [2.45, 2.75) is 32.7 Å². The van der Waals surface area contributed by atoms with Crippen LogP contribution in [-0.4, -0.2) is 35.1 Å². The van der Waals surface area contributed by atoms with E-state index in [4.69, 9.17) is 5.11 Å². The number of rotatable bonds is 5. The Hall–Kier alpha value is -1.56. The molecule has 110 valence electrons. The molecule has 1 unspecified atom stereocenters. The maximum Gasteiger partial charge on any atom is 0.317 e. The first kappa shape index (κ1) is 14.8. The lowest BCUT2D eigenvalue weighted by Crippen LogP contribution is -2.38. The van der Waals surface area contributed by atoms with Gasteiger partial charge in [-0.05, 0) is 42.7 Å². The van der Waals surface area contributed by atoms with Gasteiger partial charge < -0.3 is 15.3 Å². The van der Waals surface area contributed by atoms with Crippen LogP contribution in [0.15, 0.2) is 11.4 Å². The number of carboxylic acids is 1. The van der Waals surface area contributed by atoms with E-state index in [9.17, 15) is 9.59 Å². The predicted octanol–water partition coefficient (Wildman–Crippen LogP) is 2.45. The monoisotopic (exact) mass is 296 g/mol. The molecule has 5 nitrogen and oxygen atoms in total. The van der Waals surface area contributed by atoms with Gasteiger partial charge in [0.25, 0.3) is 0 Å². The number of urea groups is 1. The smallest absolute Gasteiger partial charge is 0.317 e. The quantitative estimate of drug-likeness (QED) is 0.877. The fourth-order valence-corrected chi connectivity index (χ4v) is 3.28. The Kier molecular flexibility index (Phi) is 5.00. The Balaban J connectivity index is 1.74. The van der Waals surface area contributed by atoms with Gasteiger partial charge in [-0.1, -0.05) is 0 Å². The summed E-state index contributed by atoms with van der Waals surface area (Å²) in [6.45, 7) is 4.00. The molecule has 20 heavy (non-hydrogen) atoms. The highest BCUT2D eigenvalue weighted by molar-refractivity contribution is 7.10. The van der Waals surface area contributed by atoms with Crippen molar-refractivity contribution >= 4 is 23.3 Å². The van der Waals surface area contributed by atoms with Crippen LogP contribution in [0, 0.1) is 12.8 Å². The van der Waals surface area contributed by atoms with Crippen LogP contribution in [0.1, 0.15) is 29.7 Å². The number of carbonyl (C=O) groups is 2. The van der Waals surface area contributed by atoms with Gasteiger partial charge in [-0.25, -0.2) is 4.79 Å². The highest BCUT2D eigenvalue weighted by Crippen LogP contribution is 2.21. The molecule has 0 aromatic carbocycles. The normalized spacial score (nSPS) is 18.2. The Morgan fingerprint density at radius 2 is 2.35 bits per heavy atom. The van der Waals surface area contributed by atoms with E-state index in [1.807, 2.05) is 18.4 Å². The van der Waals surface area contributed by atoms with Crippen molar-refractivity contribution in [1.29, 1.82) is 0 Å². The lowest BCUT2D eigenvalue weighted by Gasteiger charge is -2.17. The lowest BCUT2D eigenvalue weighted by atomic mass is 10.0. The van der Waals surface area contributed by atoms with Gasteiger partial charge in [0, 0.05) is 24.4 Å². The molecule has 1 fully saturated rings. The highest BCUT2D eigenvalue weighted by Gasteiger charge is 2.26. The molecule has 0 aliphatic carbocycles. The van der Waals surface area contributed by atoms with E-state index in [1.54, 1.807) is 16.2 Å². The molecular weight excluding hydrogens is 276 g/mol. The largest absolute Gasteiger partial charge is 0.481 e. The van der Waals surface area contributed by atoms with Crippen molar-refractivity contribution in [3.8, 4) is 0 Å². The number of hydrogen-bond donors (Lipinski definition) is 2. The molecule has 2 heterocycles. The fraction of sp³-hybridized carbons (Fsp3) is 0.571. The summed E-state index contributed by atoms with van der Waals surface area (Å²) in [5.74, 6) is -0.443. The van der Waals surface area contributed by atoms with E-state index in [1.165, 1.54) is 10.4 Å². The van der Waals surface area contributed by atoms with Crippen LogP contribution in [-0.2, 0) is 11.3 Å². The van der Waals surface area contributed by atoms with E-state index in [-0.39, 0.29) is 12.5 Å². The lowest BCUT2D eigenvalue weighted by molar-refractivity contribution is -0.137. The Labute approximate surface area is 122 Å². The number of aryl methyl sites for hydroxylation is 1. The van der Waals surface area contributed by atoms with E-state index < -0.39 is 5.97 Å². The minimum absolute atomic E-state index is 0.0457. The number of thiophene rings is 1. The summed E-state index contributed by atoms with van der Waals surface area (Å²) in [4.78, 5) is 25.6. The third-order valence-electron chi connectivity index (χ3n) is 3.71. The van der Waals surface area contributed by atoms with E-state index >= 15 is 0 Å². The van der Waals surface area contributed by atoms with Gasteiger partial charge in [0.2, 0.25) is 0 Å². The second-order valence-corrected chi connectivity index (χ2v) is 6.22. The molecule has 0 bridgehead atoms. The van der Waals surface area contributed by atoms with Crippen LogP contribution in [0.25, 0.3) is 0 Å². The molecule has 1 aliphatic heterocycles. The molecule has 2 N–H and O–H groups in total. The Morgan fingerprint density at radius 3 is 3.00 bits per heavy atom. The summed E-state index contributed by atoms with van der Waals surface area (Å²) < 4.78 is 0. The van der Waals surface area contributed by atoms with Crippen LogP contribution in [0.4, 0.5) is 4.79 Å². The summed E-state index contributed by atoms with van der Waals surface area (Å²) in [6.07, 6.45) is 1.75. The van der Waals surface area contributed by atoms with Crippen LogP contribution in [0.5, 0.6) is 0 Å². The Morgan fingerprint density at radius 1 is 1.55 bits per heavy atom. The summed E-state index contributed by atoms with van der Waals surface area (Å²) in [7, 11) is 0. The number of amides is 2. The minimum atomic E-state index is -0.763. The second-order valence-electron chi connectivity index (χ2n) is 5.22. The zero-order valence-corrected chi connectivity index (χ0v) is 12.4. The topological polar surface area (TPSA) is 69.6 Å². The highest BCUT2D eigenvalue weighted by atomic mass is 32.1. The summed E-state index contributed by atoms with van der Waals surface area (Å²) in [5, 5.41) is 13.6. The molecule has 1 aromatic heterocycles. The van der Waals surface area contributed by atoms with Crippen molar-refractivity contribution < 1.29 is 14.7 Å². The molecular formula is C14H20N2O3S. The summed E-state index contributed by atoms with van der Waals surface area (Å²) in [6, 6.07) is 2.00. The average Bonchev–Trinajstić information content (AvgIpc) is 3.02. The van der Waals surface area contributed by atoms with Gasteiger partial charge in [0.15, 0.2) is 0 Å². The third-order valence-corrected chi connectivity index (χ3v) is 4.73. The van der Waals surface area contributed by atoms with Crippen molar-refractivity contribution in [3.63, 3.8) is 0 Å². The predicted molar refractivity (Wildman–Crippen MR) is 77.8 cm³/mol. The summed E-state index contributed by atoms with van der Waals surface area (Å²) in [5.41, 5.74) is 1.20. The van der Waals surface area contributed by atoms with Crippen molar-refractivity contribution in [3.05, 3.63) is 21.9 Å². The average molecular weight is 296 g/mol. The van der Waals surface area contributed by atoms with Gasteiger partial charge in [0.05, 0.1) is 6.54 Å². The third kappa shape index (κ3) is 3.96. The van der Waals surface area contributed by atoms with E-state index in [0.717, 1.165) is 13.0 Å². The number of hydrogen-bond acceptors (Lipinski definition) is 3. The van der Waals surface area contributed by atoms with E-state index in [0.29, 0.717) is 25.4 Å². The van der Waals surface area contributed by atoms with Crippen molar-refractivity contribution in [2.24, 2.45) is 5.92 Å². The van der Waals surface area contributed by atoms with Crippen LogP contribution < -0.4 is 5.32 Å². The first-order chi connectivity index (χ1) is 9.56. The van der Waals surface area contributed by atoms with Crippen LogP contribution in [0.3, 0.4) is 0 Å². The van der Waals surface area contributed by atoms with Crippen molar-refractivity contribution in [1.82, 2.24) is 10.2 Å². The molecule has 2 rings (SSSR count). The van der Waals surface area contributed by atoms with Gasteiger partial charge >= 0.3 is 12.0 Å². The molecule has 1 aromatic rings. The molecule has 2 amide bonds. The standard InChI is InChI=1S/C14H20N2O3S/c1-10-5-7-20-12(10)8-15-14(19)16-6-4-11(9-16)2-3-13(17)18/h5,7,11H,2-4,6,8-9H2,1H3,(H,15,19)(H,17,18). The number of carbonyl (C=O) groups excluding carboxylic acids is 1. The molecule has 0 spiro atoms. The fourth-order valence-electron chi connectivity index (χ4n) is 2.43. The second kappa shape index (κ2) is 6.74. The zero-order chi connectivity index (χ0) is 14.5. The van der Waals surface area contributed by atoms with Crippen LogP contribution >= 0.6 is 11.3 Å². The molecule has 0 saturated carbocycles. The summed E-state index contributed by atoms with van der Waals surface area (Å²) >= 11 is 1.65. The Bertz CT molecular complexity index is 487. The zero-order valence-electron chi connectivity index (χ0n) is 11.6.